The standard InChI is InChI=1S/C19H20N2O3/c1-14-5-7-17(8-6-14)20-9-11-21(12-10-20)18(22)15-3-2-4-16(13-15)19(23)24/h2-8,13H,9-12H2,1H3,(H,23,24). The second-order valence-electron chi connectivity index (χ2n) is 6.00. The third-order valence-electron chi connectivity index (χ3n) is 4.32. The maximum absolute atomic E-state index is 12.6. The normalized spacial score (nSPS) is 14.5. The molecule has 24 heavy (non-hydrogen) atoms. The SMILES string of the molecule is Cc1ccc(N2CCN(C(=O)c3cccc(C(=O)O)c3)CC2)cc1. The molecule has 1 fully saturated rings. The van der Waals surface area contributed by atoms with E-state index in [1.54, 1.807) is 17.0 Å². The number of nitrogens with zero attached hydrogens (tertiary/aromatic N) is 2. The van der Waals surface area contributed by atoms with Gasteiger partial charge in [0, 0.05) is 37.4 Å². The van der Waals surface area contributed by atoms with Gasteiger partial charge in [-0.25, -0.2) is 4.79 Å². The number of aryl methyl sites for hydroxylation is 1. The summed E-state index contributed by atoms with van der Waals surface area (Å²) in [6.45, 7) is 4.86. The number of piperazine rings is 1. The molecule has 5 nitrogen and oxygen atoms in total. The van der Waals surface area contributed by atoms with Crippen molar-refractivity contribution in [1.82, 2.24) is 4.90 Å². The first-order valence-corrected chi connectivity index (χ1v) is 7.99. The van der Waals surface area contributed by atoms with Crippen LogP contribution in [0.1, 0.15) is 26.3 Å². The van der Waals surface area contributed by atoms with Gasteiger partial charge in [0.15, 0.2) is 0 Å². The molecule has 3 rings (SSSR count). The maximum Gasteiger partial charge on any atom is 0.335 e. The number of hydrogen-bond donors (Lipinski definition) is 1. The zero-order valence-electron chi connectivity index (χ0n) is 13.6. The summed E-state index contributed by atoms with van der Waals surface area (Å²) in [4.78, 5) is 27.7. The summed E-state index contributed by atoms with van der Waals surface area (Å²) >= 11 is 0. The minimum atomic E-state index is -1.02. The van der Waals surface area contributed by atoms with Crippen LogP contribution in [0.5, 0.6) is 0 Å². The molecule has 1 N–H and O–H groups in total. The van der Waals surface area contributed by atoms with Crippen LogP contribution in [0, 0.1) is 6.92 Å². The lowest BCUT2D eigenvalue weighted by Crippen LogP contribution is -2.48. The van der Waals surface area contributed by atoms with Crippen molar-refractivity contribution in [2.45, 2.75) is 6.92 Å². The molecule has 124 valence electrons. The fourth-order valence-electron chi connectivity index (χ4n) is 2.89. The fraction of sp³-hybridized carbons (Fsp3) is 0.263. The Morgan fingerprint density at radius 1 is 0.917 bits per heavy atom. The summed E-state index contributed by atoms with van der Waals surface area (Å²) in [5, 5.41) is 9.05. The van der Waals surface area contributed by atoms with E-state index < -0.39 is 5.97 Å². The number of carboxylic acid groups (broad SMARTS) is 1. The van der Waals surface area contributed by atoms with Crippen molar-refractivity contribution >= 4 is 17.6 Å². The van der Waals surface area contributed by atoms with Gasteiger partial charge in [0.05, 0.1) is 5.56 Å². The summed E-state index contributed by atoms with van der Waals surface area (Å²) in [5.74, 6) is -1.13. The van der Waals surface area contributed by atoms with E-state index in [0.29, 0.717) is 18.7 Å². The van der Waals surface area contributed by atoms with Gasteiger partial charge in [0.1, 0.15) is 0 Å². The zero-order valence-corrected chi connectivity index (χ0v) is 13.6. The molecule has 1 amide bonds. The molecule has 0 bridgehead atoms. The highest BCUT2D eigenvalue weighted by Crippen LogP contribution is 2.18. The Morgan fingerprint density at radius 3 is 2.17 bits per heavy atom. The second-order valence-corrected chi connectivity index (χ2v) is 6.00. The van der Waals surface area contributed by atoms with Crippen molar-refractivity contribution in [3.8, 4) is 0 Å². The quantitative estimate of drug-likeness (QED) is 0.943. The van der Waals surface area contributed by atoms with Gasteiger partial charge in [-0.15, -0.1) is 0 Å². The van der Waals surface area contributed by atoms with E-state index in [9.17, 15) is 9.59 Å². The zero-order chi connectivity index (χ0) is 17.1. The van der Waals surface area contributed by atoms with Gasteiger partial charge >= 0.3 is 5.97 Å². The number of hydrogen-bond acceptors (Lipinski definition) is 3. The van der Waals surface area contributed by atoms with E-state index in [2.05, 4.69) is 36.1 Å². The average Bonchev–Trinajstić information content (AvgIpc) is 2.62. The van der Waals surface area contributed by atoms with Gasteiger partial charge in [0.2, 0.25) is 0 Å². The molecule has 1 saturated heterocycles. The van der Waals surface area contributed by atoms with E-state index in [0.717, 1.165) is 13.1 Å². The summed E-state index contributed by atoms with van der Waals surface area (Å²) in [7, 11) is 0. The van der Waals surface area contributed by atoms with E-state index in [-0.39, 0.29) is 11.5 Å². The Morgan fingerprint density at radius 2 is 1.54 bits per heavy atom. The van der Waals surface area contributed by atoms with Crippen molar-refractivity contribution in [1.29, 1.82) is 0 Å². The molecule has 1 heterocycles. The van der Waals surface area contributed by atoms with Gasteiger partial charge in [-0.1, -0.05) is 23.8 Å². The van der Waals surface area contributed by atoms with Gasteiger partial charge < -0.3 is 14.9 Å². The van der Waals surface area contributed by atoms with Crippen molar-refractivity contribution in [2.24, 2.45) is 0 Å². The van der Waals surface area contributed by atoms with E-state index >= 15 is 0 Å². The van der Waals surface area contributed by atoms with Gasteiger partial charge in [0.25, 0.3) is 5.91 Å². The van der Waals surface area contributed by atoms with Crippen LogP contribution in [0.15, 0.2) is 48.5 Å². The minimum Gasteiger partial charge on any atom is -0.478 e. The number of aromatic carboxylic acids is 1. The van der Waals surface area contributed by atoms with Gasteiger partial charge in [-0.05, 0) is 37.3 Å². The van der Waals surface area contributed by atoms with Crippen molar-refractivity contribution in [3.63, 3.8) is 0 Å². The van der Waals surface area contributed by atoms with Crippen LogP contribution in [-0.2, 0) is 0 Å². The molecule has 2 aromatic rings. The molecule has 0 aromatic heterocycles. The molecule has 0 atom stereocenters. The van der Waals surface area contributed by atoms with E-state index in [1.165, 1.54) is 23.4 Å². The molecule has 2 aromatic carbocycles. The van der Waals surface area contributed by atoms with Crippen LogP contribution in [0.4, 0.5) is 5.69 Å². The number of anilines is 1. The lowest BCUT2D eigenvalue weighted by Gasteiger charge is -2.36. The lowest BCUT2D eigenvalue weighted by molar-refractivity contribution is 0.0697. The first kappa shape index (κ1) is 16.1. The molecule has 1 aliphatic rings. The van der Waals surface area contributed by atoms with Crippen molar-refractivity contribution in [3.05, 3.63) is 65.2 Å². The molecule has 0 aliphatic carbocycles. The Hall–Kier alpha value is -2.82. The van der Waals surface area contributed by atoms with E-state index in [4.69, 9.17) is 5.11 Å². The summed E-state index contributed by atoms with van der Waals surface area (Å²) in [6, 6.07) is 14.6. The predicted molar refractivity (Wildman–Crippen MR) is 92.7 cm³/mol. The third-order valence-corrected chi connectivity index (χ3v) is 4.32. The largest absolute Gasteiger partial charge is 0.478 e. The van der Waals surface area contributed by atoms with Crippen LogP contribution < -0.4 is 4.90 Å². The van der Waals surface area contributed by atoms with Crippen LogP contribution >= 0.6 is 0 Å². The van der Waals surface area contributed by atoms with E-state index in [1.807, 2.05) is 0 Å². The predicted octanol–water partition coefficient (Wildman–Crippen LogP) is 2.66. The Labute approximate surface area is 141 Å². The Bertz CT molecular complexity index is 747. The molecule has 0 saturated carbocycles. The third kappa shape index (κ3) is 3.40. The second kappa shape index (κ2) is 6.74. The van der Waals surface area contributed by atoms with Gasteiger partial charge in [-0.3, -0.25) is 4.79 Å². The maximum atomic E-state index is 12.6. The Balaban J connectivity index is 1.66. The van der Waals surface area contributed by atoms with Crippen LogP contribution in [-0.4, -0.2) is 48.1 Å². The lowest BCUT2D eigenvalue weighted by atomic mass is 10.1. The number of carbonyl (C=O) groups excluding carboxylic acids is 1. The number of amides is 1. The molecule has 1 aliphatic heterocycles. The molecular weight excluding hydrogens is 304 g/mol. The number of carbonyl (C=O) groups is 2. The highest BCUT2D eigenvalue weighted by atomic mass is 16.4. The molecule has 0 unspecified atom stereocenters. The topological polar surface area (TPSA) is 60.9 Å². The van der Waals surface area contributed by atoms with Crippen molar-refractivity contribution in [2.75, 3.05) is 31.1 Å². The molecule has 0 spiro atoms. The first-order valence-electron chi connectivity index (χ1n) is 7.99. The fourth-order valence-corrected chi connectivity index (χ4v) is 2.89. The number of rotatable bonds is 3. The number of benzene rings is 2. The van der Waals surface area contributed by atoms with Crippen LogP contribution in [0.2, 0.25) is 0 Å². The van der Waals surface area contributed by atoms with Crippen LogP contribution in [0.25, 0.3) is 0 Å². The highest BCUT2D eigenvalue weighted by molar-refractivity contribution is 5.97. The average molecular weight is 324 g/mol. The minimum absolute atomic E-state index is 0.110. The first-order chi connectivity index (χ1) is 11.5. The smallest absolute Gasteiger partial charge is 0.335 e. The summed E-state index contributed by atoms with van der Waals surface area (Å²) in [5.41, 5.74) is 2.96. The van der Waals surface area contributed by atoms with Crippen molar-refractivity contribution < 1.29 is 14.7 Å². The molecule has 0 radical (unpaired) electrons. The summed E-state index contributed by atoms with van der Waals surface area (Å²) in [6.07, 6.45) is 0. The van der Waals surface area contributed by atoms with Gasteiger partial charge in [-0.2, -0.15) is 0 Å². The number of carboxylic acids is 1. The van der Waals surface area contributed by atoms with Crippen LogP contribution in [0.3, 0.4) is 0 Å². The Kier molecular flexibility index (Phi) is 4.51. The monoisotopic (exact) mass is 324 g/mol. The highest BCUT2D eigenvalue weighted by Gasteiger charge is 2.22. The molecule has 5 heteroatoms. The molecular formula is C19H20N2O3. The summed E-state index contributed by atoms with van der Waals surface area (Å²) < 4.78 is 0.